The van der Waals surface area contributed by atoms with Crippen LogP contribution in [0.3, 0.4) is 0 Å². The number of anilines is 1. The van der Waals surface area contributed by atoms with Gasteiger partial charge in [-0.25, -0.2) is 10.2 Å². The molecular weight excluding hydrogens is 354 g/mol. The summed E-state index contributed by atoms with van der Waals surface area (Å²) in [5.74, 6) is -0.428. The van der Waals surface area contributed by atoms with Gasteiger partial charge in [-0.1, -0.05) is 11.6 Å². The first-order valence-electron chi connectivity index (χ1n) is 7.44. The molecule has 2 rings (SSSR count). The molecule has 1 aromatic carbocycles. The number of rotatable bonds is 4. The van der Waals surface area contributed by atoms with Crippen LogP contribution in [0.5, 0.6) is 0 Å². The fourth-order valence-electron chi connectivity index (χ4n) is 2.26. The molecule has 1 aliphatic rings. The van der Waals surface area contributed by atoms with E-state index in [-0.39, 0.29) is 0 Å². The lowest BCUT2D eigenvalue weighted by molar-refractivity contribution is 0.0526. The standard InChI is InChI=1S/C15H20ClN3O2S2/c1-3-21-14(20)12-10-11(6-7-13(12)16)19(23-2)15(22)18-9-5-4-8-17-18/h6-7,10,17H,3-5,8-9H2,1-2H3. The van der Waals surface area contributed by atoms with Gasteiger partial charge < -0.3 is 4.74 Å². The van der Waals surface area contributed by atoms with Crippen molar-refractivity contribution in [3.05, 3.63) is 28.8 Å². The number of hydrazine groups is 1. The summed E-state index contributed by atoms with van der Waals surface area (Å²) >= 11 is 13.2. The van der Waals surface area contributed by atoms with Gasteiger partial charge in [-0.2, -0.15) is 0 Å². The SMILES string of the molecule is CCOC(=O)c1cc(N(SC)C(=S)N2CCCCN2)ccc1Cl. The van der Waals surface area contributed by atoms with Crippen LogP contribution in [-0.2, 0) is 4.74 Å². The molecule has 0 saturated carbocycles. The smallest absolute Gasteiger partial charge is 0.339 e. The third kappa shape index (κ3) is 4.50. The van der Waals surface area contributed by atoms with E-state index in [1.54, 1.807) is 19.1 Å². The molecular formula is C15H20ClN3O2S2. The lowest BCUT2D eigenvalue weighted by atomic mass is 10.2. The molecule has 1 aromatic rings. The summed E-state index contributed by atoms with van der Waals surface area (Å²) in [5.41, 5.74) is 4.43. The lowest BCUT2D eigenvalue weighted by Crippen LogP contribution is -2.51. The summed E-state index contributed by atoms with van der Waals surface area (Å²) < 4.78 is 6.95. The van der Waals surface area contributed by atoms with Gasteiger partial charge in [-0.15, -0.1) is 0 Å². The Bertz CT molecular complexity index is 580. The van der Waals surface area contributed by atoms with Crippen molar-refractivity contribution in [1.82, 2.24) is 10.4 Å². The Morgan fingerprint density at radius 2 is 2.30 bits per heavy atom. The Kier molecular flexibility index (Phi) is 6.95. The lowest BCUT2D eigenvalue weighted by Gasteiger charge is -2.34. The molecule has 1 N–H and O–H groups in total. The van der Waals surface area contributed by atoms with Gasteiger partial charge in [-0.05, 0) is 62.1 Å². The number of nitrogens with zero attached hydrogens (tertiary/aromatic N) is 2. The normalized spacial score (nSPS) is 14.5. The molecule has 0 radical (unpaired) electrons. The fourth-order valence-corrected chi connectivity index (χ4v) is 3.52. The highest BCUT2D eigenvalue weighted by molar-refractivity contribution is 8.01. The maximum atomic E-state index is 12.0. The second-order valence-electron chi connectivity index (χ2n) is 4.91. The molecule has 1 heterocycles. The first-order valence-corrected chi connectivity index (χ1v) is 9.41. The fraction of sp³-hybridized carbons (Fsp3) is 0.467. The van der Waals surface area contributed by atoms with Gasteiger partial charge in [0.1, 0.15) is 0 Å². The average molecular weight is 374 g/mol. The highest BCUT2D eigenvalue weighted by Gasteiger charge is 2.22. The average Bonchev–Trinajstić information content (AvgIpc) is 2.57. The summed E-state index contributed by atoms with van der Waals surface area (Å²) in [6, 6.07) is 5.25. The van der Waals surface area contributed by atoms with E-state index in [1.165, 1.54) is 11.9 Å². The van der Waals surface area contributed by atoms with Crippen molar-refractivity contribution in [3.63, 3.8) is 0 Å². The number of carbonyl (C=O) groups is 1. The van der Waals surface area contributed by atoms with Gasteiger partial charge in [0, 0.05) is 19.3 Å². The third-order valence-corrected chi connectivity index (χ3v) is 4.98. The van der Waals surface area contributed by atoms with E-state index in [2.05, 4.69) is 5.43 Å². The van der Waals surface area contributed by atoms with Crippen LogP contribution >= 0.6 is 35.8 Å². The Morgan fingerprint density at radius 3 is 2.91 bits per heavy atom. The van der Waals surface area contributed by atoms with Crippen molar-refractivity contribution < 1.29 is 9.53 Å². The zero-order valence-corrected chi connectivity index (χ0v) is 15.6. The monoisotopic (exact) mass is 373 g/mol. The molecule has 0 bridgehead atoms. The van der Waals surface area contributed by atoms with Crippen LogP contribution in [0.15, 0.2) is 18.2 Å². The van der Waals surface area contributed by atoms with Crippen LogP contribution in [0.1, 0.15) is 30.1 Å². The molecule has 0 aromatic heterocycles. The second-order valence-corrected chi connectivity index (χ2v) is 6.41. The third-order valence-electron chi connectivity index (χ3n) is 3.38. The van der Waals surface area contributed by atoms with Crippen molar-refractivity contribution in [2.75, 3.05) is 30.3 Å². The van der Waals surface area contributed by atoms with Crippen LogP contribution in [0.2, 0.25) is 5.02 Å². The first kappa shape index (κ1) is 18.3. The highest BCUT2D eigenvalue weighted by atomic mass is 35.5. The van der Waals surface area contributed by atoms with Gasteiger partial charge in [0.2, 0.25) is 5.11 Å². The van der Waals surface area contributed by atoms with Crippen LogP contribution in [-0.4, -0.2) is 42.0 Å². The van der Waals surface area contributed by atoms with E-state index in [1.807, 2.05) is 21.6 Å². The second kappa shape index (κ2) is 8.73. The molecule has 0 atom stereocenters. The Morgan fingerprint density at radius 1 is 1.52 bits per heavy atom. The van der Waals surface area contributed by atoms with Crippen molar-refractivity contribution in [2.45, 2.75) is 19.8 Å². The topological polar surface area (TPSA) is 44.8 Å². The molecule has 23 heavy (non-hydrogen) atoms. The number of nitrogens with one attached hydrogen (secondary N) is 1. The summed E-state index contributed by atoms with van der Waals surface area (Å²) in [5, 5.41) is 3.00. The summed E-state index contributed by atoms with van der Waals surface area (Å²) in [6.45, 7) is 3.86. The Labute approximate surface area is 151 Å². The van der Waals surface area contributed by atoms with Crippen LogP contribution < -0.4 is 9.73 Å². The van der Waals surface area contributed by atoms with E-state index in [0.29, 0.717) is 22.3 Å². The van der Waals surface area contributed by atoms with Gasteiger partial charge in [-0.3, -0.25) is 9.31 Å². The molecule has 1 saturated heterocycles. The Hall–Kier alpha value is -1.02. The number of esters is 1. The maximum Gasteiger partial charge on any atom is 0.339 e. The highest BCUT2D eigenvalue weighted by Crippen LogP contribution is 2.28. The maximum absolute atomic E-state index is 12.0. The first-order chi connectivity index (χ1) is 11.1. The van der Waals surface area contributed by atoms with Crippen LogP contribution in [0.25, 0.3) is 0 Å². The largest absolute Gasteiger partial charge is 0.462 e. The van der Waals surface area contributed by atoms with E-state index in [0.717, 1.165) is 31.6 Å². The number of thiocarbonyl (C=S) groups is 1. The molecule has 0 aliphatic carbocycles. The number of benzene rings is 1. The van der Waals surface area contributed by atoms with E-state index < -0.39 is 5.97 Å². The molecule has 1 fully saturated rings. The van der Waals surface area contributed by atoms with Crippen LogP contribution in [0, 0.1) is 0 Å². The van der Waals surface area contributed by atoms with E-state index in [4.69, 9.17) is 28.6 Å². The Balaban J connectivity index is 2.25. The summed E-state index contributed by atoms with van der Waals surface area (Å²) in [4.78, 5) is 12.0. The van der Waals surface area contributed by atoms with Crippen molar-refractivity contribution >= 4 is 52.5 Å². The number of carbonyl (C=O) groups excluding carboxylic acids is 1. The molecule has 0 unspecified atom stereocenters. The molecule has 1 aliphatic heterocycles. The van der Waals surface area contributed by atoms with E-state index >= 15 is 0 Å². The number of hydrogen-bond donors (Lipinski definition) is 1. The molecule has 0 amide bonds. The summed E-state index contributed by atoms with van der Waals surface area (Å²) in [6.07, 6.45) is 4.19. The minimum Gasteiger partial charge on any atom is -0.462 e. The van der Waals surface area contributed by atoms with Gasteiger partial charge in [0.15, 0.2) is 0 Å². The predicted molar refractivity (Wildman–Crippen MR) is 99.9 cm³/mol. The quantitative estimate of drug-likeness (QED) is 0.492. The molecule has 5 nitrogen and oxygen atoms in total. The predicted octanol–water partition coefficient (Wildman–Crippen LogP) is 3.49. The van der Waals surface area contributed by atoms with Crippen molar-refractivity contribution in [1.29, 1.82) is 0 Å². The number of hydrogen-bond acceptors (Lipinski definition) is 5. The minimum atomic E-state index is -0.428. The van der Waals surface area contributed by atoms with Crippen molar-refractivity contribution in [2.24, 2.45) is 0 Å². The molecule has 0 spiro atoms. The van der Waals surface area contributed by atoms with E-state index in [9.17, 15) is 4.79 Å². The van der Waals surface area contributed by atoms with Gasteiger partial charge in [0.05, 0.1) is 22.9 Å². The van der Waals surface area contributed by atoms with Crippen molar-refractivity contribution in [3.8, 4) is 0 Å². The molecule has 126 valence electrons. The van der Waals surface area contributed by atoms with Gasteiger partial charge in [0.25, 0.3) is 0 Å². The van der Waals surface area contributed by atoms with Crippen LogP contribution in [0.4, 0.5) is 5.69 Å². The zero-order chi connectivity index (χ0) is 16.8. The number of ether oxygens (including phenoxy) is 1. The van der Waals surface area contributed by atoms with Gasteiger partial charge >= 0.3 is 5.97 Å². The zero-order valence-electron chi connectivity index (χ0n) is 13.2. The number of halogens is 1. The summed E-state index contributed by atoms with van der Waals surface area (Å²) in [7, 11) is 0. The minimum absolute atomic E-state index is 0.307. The molecule has 8 heteroatoms.